The van der Waals surface area contributed by atoms with Crippen molar-refractivity contribution in [2.45, 2.75) is 24.5 Å². The van der Waals surface area contributed by atoms with Crippen LogP contribution in [0.4, 0.5) is 10.1 Å². The van der Waals surface area contributed by atoms with Crippen molar-refractivity contribution in [2.24, 2.45) is 17.6 Å². The van der Waals surface area contributed by atoms with Gasteiger partial charge in [0.2, 0.25) is 5.78 Å². The topological polar surface area (TPSA) is 148 Å². The summed E-state index contributed by atoms with van der Waals surface area (Å²) in [5.41, 5.74) is 3.26. The molecule has 178 valence electrons. The van der Waals surface area contributed by atoms with Gasteiger partial charge in [-0.05, 0) is 38.4 Å². The summed E-state index contributed by atoms with van der Waals surface area (Å²) < 4.78 is 14.4. The van der Waals surface area contributed by atoms with E-state index in [4.69, 9.17) is 5.73 Å². The number of hydrogen-bond acceptors (Lipinski definition) is 9. The molecule has 0 radical (unpaired) electrons. The Morgan fingerprint density at radius 1 is 1.18 bits per heavy atom. The highest BCUT2D eigenvalue weighted by Gasteiger charge is 2.62. The van der Waals surface area contributed by atoms with Crippen LogP contribution in [0.5, 0.6) is 5.75 Å². The number of carbonyl (C=O) groups excluding carboxylic acids is 2. The lowest BCUT2D eigenvalue weighted by Gasteiger charge is -2.50. The second-order valence-electron chi connectivity index (χ2n) is 9.38. The smallest absolute Gasteiger partial charge is 0.203 e. The molecule has 4 atom stereocenters. The van der Waals surface area contributed by atoms with E-state index >= 15 is 0 Å². The van der Waals surface area contributed by atoms with Crippen LogP contribution in [0, 0.1) is 17.7 Å². The summed E-state index contributed by atoms with van der Waals surface area (Å²) >= 11 is 0. The van der Waals surface area contributed by atoms with E-state index in [0.717, 1.165) is 6.07 Å². The molecule has 1 unspecified atom stereocenters. The zero-order valence-electron chi connectivity index (χ0n) is 18.9. The zero-order chi connectivity index (χ0) is 24.6. The molecule has 9 nitrogen and oxygen atoms in total. The average Bonchev–Trinajstić information content (AvgIpc) is 2.73. The zero-order valence-corrected chi connectivity index (χ0v) is 18.9. The van der Waals surface area contributed by atoms with Crippen LogP contribution in [0.3, 0.4) is 0 Å². The highest BCUT2D eigenvalue weighted by molar-refractivity contribution is 6.16. The number of rotatable bonds is 3. The number of aromatic hydroxyl groups is 1. The molecule has 0 saturated heterocycles. The third kappa shape index (κ3) is 2.94. The SMILES string of the molecule is CN(C)c1cc(F)c(O)c2c1C[C@H]1C[C@H]3C(N(C)C)C(O)=C(CN)C(=O)[C@]3(O)C(O)=C1C2=O. The highest BCUT2D eigenvalue weighted by atomic mass is 19.1. The minimum atomic E-state index is -2.48. The van der Waals surface area contributed by atoms with Gasteiger partial charge in [0.05, 0.1) is 17.2 Å². The third-order valence-electron chi connectivity index (χ3n) is 7.19. The fourth-order valence-corrected chi connectivity index (χ4v) is 5.70. The molecule has 3 aliphatic rings. The molecule has 0 aliphatic heterocycles. The highest BCUT2D eigenvalue weighted by Crippen LogP contribution is 2.53. The Balaban J connectivity index is 1.98. The first-order valence-corrected chi connectivity index (χ1v) is 10.6. The van der Waals surface area contributed by atoms with Crippen molar-refractivity contribution in [3.05, 3.63) is 45.7 Å². The van der Waals surface area contributed by atoms with E-state index in [1.54, 1.807) is 38.0 Å². The number of phenolic OH excluding ortho intramolecular Hbond substituents is 1. The molecule has 0 spiro atoms. The molecule has 6 N–H and O–H groups in total. The minimum Gasteiger partial charge on any atom is -0.510 e. The predicted octanol–water partition coefficient (Wildman–Crippen LogP) is 0.799. The fraction of sp³-hybridized carbons (Fsp3) is 0.478. The molecule has 0 fully saturated rings. The van der Waals surface area contributed by atoms with Crippen LogP contribution in [0.15, 0.2) is 28.7 Å². The fourth-order valence-electron chi connectivity index (χ4n) is 5.70. The van der Waals surface area contributed by atoms with Gasteiger partial charge >= 0.3 is 0 Å². The lowest BCUT2D eigenvalue weighted by molar-refractivity contribution is -0.147. The second-order valence-corrected chi connectivity index (χ2v) is 9.38. The van der Waals surface area contributed by atoms with Gasteiger partial charge in [-0.15, -0.1) is 0 Å². The summed E-state index contributed by atoms with van der Waals surface area (Å²) in [4.78, 5) is 29.9. The number of aliphatic hydroxyl groups excluding tert-OH is 2. The van der Waals surface area contributed by atoms with Gasteiger partial charge in [-0.2, -0.15) is 0 Å². The molecule has 33 heavy (non-hydrogen) atoms. The number of benzene rings is 1. The second kappa shape index (κ2) is 7.54. The number of Topliss-reactive ketones (excluding diaryl/α,β-unsaturated/α-hetero) is 2. The third-order valence-corrected chi connectivity index (χ3v) is 7.19. The number of hydrogen-bond donors (Lipinski definition) is 5. The Bertz CT molecular complexity index is 1140. The van der Waals surface area contributed by atoms with E-state index in [1.807, 2.05) is 0 Å². The van der Waals surface area contributed by atoms with Crippen molar-refractivity contribution in [3.8, 4) is 5.75 Å². The molecule has 0 aromatic heterocycles. The van der Waals surface area contributed by atoms with E-state index in [9.17, 15) is 34.4 Å². The van der Waals surface area contributed by atoms with Crippen molar-refractivity contribution in [1.29, 1.82) is 0 Å². The van der Waals surface area contributed by atoms with Crippen LogP contribution < -0.4 is 10.6 Å². The first-order chi connectivity index (χ1) is 15.4. The number of nitrogens with zero attached hydrogens (tertiary/aromatic N) is 2. The van der Waals surface area contributed by atoms with Crippen molar-refractivity contribution in [2.75, 3.05) is 39.6 Å². The number of ketones is 2. The van der Waals surface area contributed by atoms with Crippen LogP contribution in [0.2, 0.25) is 0 Å². The van der Waals surface area contributed by atoms with Crippen molar-refractivity contribution < 1.29 is 34.4 Å². The number of aliphatic hydroxyl groups is 3. The maximum Gasteiger partial charge on any atom is 0.203 e. The van der Waals surface area contributed by atoms with Gasteiger partial charge in [0.25, 0.3) is 0 Å². The van der Waals surface area contributed by atoms with Crippen LogP contribution >= 0.6 is 0 Å². The Morgan fingerprint density at radius 2 is 1.82 bits per heavy atom. The summed E-state index contributed by atoms with van der Waals surface area (Å²) in [6.45, 7) is -0.370. The largest absolute Gasteiger partial charge is 0.510 e. The van der Waals surface area contributed by atoms with Crippen molar-refractivity contribution >= 4 is 17.3 Å². The van der Waals surface area contributed by atoms with Crippen LogP contribution in [0.1, 0.15) is 22.3 Å². The molecule has 1 aromatic carbocycles. The quantitative estimate of drug-likeness (QED) is 0.441. The number of anilines is 1. The normalized spacial score (nSPS) is 29.3. The number of carbonyl (C=O) groups is 2. The molecule has 10 heteroatoms. The maximum absolute atomic E-state index is 14.4. The van der Waals surface area contributed by atoms with Crippen molar-refractivity contribution in [1.82, 2.24) is 4.90 Å². The molecule has 0 heterocycles. The van der Waals surface area contributed by atoms with Crippen LogP contribution in [0.25, 0.3) is 0 Å². The number of nitrogens with two attached hydrogens (primary N) is 1. The standard InChI is InChI=1S/C23H28FN3O6/c1-26(2)14-7-13(24)19(29)16-10(14)5-9-6-12-17(27(3)4)18(28)11(8-25)21(31)23(12,33)22(32)15(9)20(16)30/h7,9,12,17,28-29,32-33H,5-6,8,25H2,1-4H3/t9-,12-,17?,23-/m0/s1. The Morgan fingerprint density at radius 3 is 2.36 bits per heavy atom. The molecule has 0 saturated carbocycles. The Labute approximate surface area is 190 Å². The summed E-state index contributed by atoms with van der Waals surface area (Å²) in [6, 6.07) is 0.311. The summed E-state index contributed by atoms with van der Waals surface area (Å²) in [5.74, 6) is -6.32. The number of allylic oxidation sites excluding steroid dienone is 1. The van der Waals surface area contributed by atoms with E-state index in [2.05, 4.69) is 0 Å². The van der Waals surface area contributed by atoms with E-state index < -0.39 is 52.4 Å². The molecule has 3 aliphatic carbocycles. The van der Waals surface area contributed by atoms with Gasteiger partial charge in [0, 0.05) is 43.9 Å². The molecule has 0 amide bonds. The molecule has 0 bridgehead atoms. The van der Waals surface area contributed by atoms with Gasteiger partial charge in [-0.3, -0.25) is 14.5 Å². The molecule has 4 rings (SSSR count). The lowest BCUT2D eigenvalue weighted by Crippen LogP contribution is -2.63. The maximum atomic E-state index is 14.4. The monoisotopic (exact) mass is 461 g/mol. The average molecular weight is 461 g/mol. The summed E-state index contributed by atoms with van der Waals surface area (Å²) in [6.07, 6.45) is 0.250. The van der Waals surface area contributed by atoms with Gasteiger partial charge in [-0.25, -0.2) is 4.39 Å². The van der Waals surface area contributed by atoms with Gasteiger partial charge in [0.15, 0.2) is 23.0 Å². The van der Waals surface area contributed by atoms with E-state index in [-0.39, 0.29) is 41.9 Å². The summed E-state index contributed by atoms with van der Waals surface area (Å²) in [7, 11) is 6.68. The van der Waals surface area contributed by atoms with Crippen molar-refractivity contribution in [3.63, 3.8) is 0 Å². The first-order valence-electron chi connectivity index (χ1n) is 10.6. The molecular weight excluding hydrogens is 433 g/mol. The van der Waals surface area contributed by atoms with Gasteiger partial charge in [-0.1, -0.05) is 0 Å². The lowest BCUT2D eigenvalue weighted by atomic mass is 9.58. The number of halogens is 1. The number of likely N-dealkylation sites (N-methyl/N-ethyl adjacent to an activating group) is 1. The number of fused-ring (bicyclic) bond motifs is 3. The van der Waals surface area contributed by atoms with Gasteiger partial charge in [0.1, 0.15) is 11.5 Å². The van der Waals surface area contributed by atoms with Crippen LogP contribution in [-0.4, -0.2) is 83.3 Å². The van der Waals surface area contributed by atoms with E-state index in [0.29, 0.717) is 11.3 Å². The summed E-state index contributed by atoms with van der Waals surface area (Å²) in [5, 5.41) is 43.9. The predicted molar refractivity (Wildman–Crippen MR) is 118 cm³/mol. The van der Waals surface area contributed by atoms with E-state index in [1.165, 1.54) is 0 Å². The Kier molecular flexibility index (Phi) is 5.31. The Hall–Kier alpha value is -2.95. The van der Waals surface area contributed by atoms with Crippen LogP contribution in [-0.2, 0) is 11.2 Å². The number of phenols is 1. The molecule has 1 aromatic rings. The molecular formula is C23H28FN3O6. The van der Waals surface area contributed by atoms with Gasteiger partial charge < -0.3 is 31.1 Å². The first kappa shape index (κ1) is 23.2. The minimum absolute atomic E-state index is 0.0859.